The minimum Gasteiger partial charge on any atom is -0.255 e. The molecule has 0 aliphatic rings. The van der Waals surface area contributed by atoms with Crippen LogP contribution >= 0.6 is 18.8 Å². The number of aromatic nitrogens is 8. The molecule has 7 heterocycles. The van der Waals surface area contributed by atoms with E-state index in [9.17, 15) is 0 Å². The van der Waals surface area contributed by atoms with Gasteiger partial charge in [-0.05, 0) is 95.7 Å². The number of fused-ring (bicyclic) bond motifs is 2. The molecule has 9 aromatic rings. The van der Waals surface area contributed by atoms with Crippen LogP contribution in [-0.2, 0) is 36.3 Å². The minimum atomic E-state index is -0.472. The summed E-state index contributed by atoms with van der Waals surface area (Å²) in [6.07, 6.45) is 10.6. The molecule has 0 aliphatic heterocycles. The van der Waals surface area contributed by atoms with E-state index in [0.29, 0.717) is 0 Å². The van der Waals surface area contributed by atoms with Crippen molar-refractivity contribution >= 4 is 40.6 Å². The average molecular weight is 1100 g/mol. The van der Waals surface area contributed by atoms with Gasteiger partial charge in [-0.25, -0.2) is 9.97 Å². The van der Waals surface area contributed by atoms with Crippen LogP contribution in [0.15, 0.2) is 183 Å². The van der Waals surface area contributed by atoms with Crippen LogP contribution in [0.5, 0.6) is 0 Å². The van der Waals surface area contributed by atoms with Crippen LogP contribution in [0.1, 0.15) is 0 Å². The Bertz CT molecular complexity index is 2190. The zero-order valence-corrected chi connectivity index (χ0v) is 34.6. The Kier molecular flexibility index (Phi) is 16.0. The van der Waals surface area contributed by atoms with E-state index in [1.54, 1.807) is 37.2 Å². The van der Waals surface area contributed by atoms with Gasteiger partial charge >= 0.3 is 55.1 Å². The second-order valence-corrected chi connectivity index (χ2v) is 14.2. The predicted octanol–water partition coefficient (Wildman–Crippen LogP) is 10.6. The van der Waals surface area contributed by atoms with Crippen molar-refractivity contribution in [1.82, 2.24) is 39.9 Å². The quantitative estimate of drug-likeness (QED) is 0.161. The van der Waals surface area contributed by atoms with Crippen molar-refractivity contribution in [2.75, 3.05) is 0 Å². The maximum atomic E-state index is 4.91. The molecule has 0 N–H and O–H groups in total. The van der Waals surface area contributed by atoms with E-state index in [-0.39, 0.29) is 19.8 Å². The van der Waals surface area contributed by atoms with Crippen LogP contribution in [0.2, 0.25) is 0 Å². The van der Waals surface area contributed by atoms with E-state index in [4.69, 9.17) is 28.8 Å². The summed E-state index contributed by atoms with van der Waals surface area (Å²) in [6.45, 7) is 0. The molecule has 268 valence electrons. The second kappa shape index (κ2) is 21.5. The van der Waals surface area contributed by atoms with Gasteiger partial charge in [0, 0.05) is 37.2 Å². The fraction of sp³-hybridized carbons (Fsp3) is 0. The van der Waals surface area contributed by atoms with Crippen LogP contribution in [0.25, 0.3) is 67.4 Å². The van der Waals surface area contributed by atoms with E-state index in [1.807, 2.05) is 121 Å². The number of rotatable bonds is 4. The molecule has 12 heteroatoms. The van der Waals surface area contributed by atoms with Gasteiger partial charge in [0.2, 0.25) is 0 Å². The summed E-state index contributed by atoms with van der Waals surface area (Å²) in [5.41, 5.74) is 8.42. The van der Waals surface area contributed by atoms with Crippen LogP contribution < -0.4 is 0 Å². The first-order valence-corrected chi connectivity index (χ1v) is 21.9. The molecule has 7 aromatic heterocycles. The molecule has 9 rings (SSSR count). The van der Waals surface area contributed by atoms with Crippen molar-refractivity contribution in [3.8, 4) is 45.6 Å². The summed E-state index contributed by atoms with van der Waals surface area (Å²) in [6, 6.07) is 47.2. The van der Waals surface area contributed by atoms with Crippen molar-refractivity contribution in [2.45, 2.75) is 0 Å². The summed E-state index contributed by atoms with van der Waals surface area (Å²) in [4.78, 5) is 35.5. The molecule has 0 unspecified atom stereocenters. The third-order valence-electron chi connectivity index (χ3n) is 7.53. The van der Waals surface area contributed by atoms with Gasteiger partial charge in [-0.15, -0.1) is 0 Å². The number of benzene rings is 2. The Hall–Kier alpha value is -5.16. The molecule has 0 radical (unpaired) electrons. The minimum absolute atomic E-state index is 0. The van der Waals surface area contributed by atoms with Crippen LogP contribution in [-0.4, -0.2) is 39.9 Å². The smallest absolute Gasteiger partial charge is 0.255 e. The summed E-state index contributed by atoms with van der Waals surface area (Å²) < 4.78 is 0. The first-order valence-electron chi connectivity index (χ1n) is 16.2. The van der Waals surface area contributed by atoms with Gasteiger partial charge in [0.1, 0.15) is 11.4 Å². The molecule has 0 bridgehead atoms. The Balaban J connectivity index is 0.000000167. The topological polar surface area (TPSA) is 103 Å². The molecule has 0 saturated heterocycles. The van der Waals surface area contributed by atoms with Gasteiger partial charge in [0.15, 0.2) is 0 Å². The third-order valence-corrected chi connectivity index (χ3v) is 7.53. The number of hydrogen-bond donors (Lipinski definition) is 0. The van der Waals surface area contributed by atoms with Crippen molar-refractivity contribution in [2.24, 2.45) is 0 Å². The zero-order valence-electron chi connectivity index (χ0n) is 28.3. The van der Waals surface area contributed by atoms with Gasteiger partial charge in [0.25, 0.3) is 0 Å². The molecule has 0 amide bonds. The Morgan fingerprint density at radius 2 is 0.574 bits per heavy atom. The zero-order chi connectivity index (χ0) is 36.5. The van der Waals surface area contributed by atoms with Gasteiger partial charge in [-0.2, -0.15) is 0 Å². The largest absolute Gasteiger partial charge is 2.00 e. The molecular formula is C42H30Cl2N8OsPt+2. The summed E-state index contributed by atoms with van der Waals surface area (Å²) in [5, 5.41) is 2.29. The summed E-state index contributed by atoms with van der Waals surface area (Å²) >= 11 is -0.472. The molecule has 0 aliphatic carbocycles. The van der Waals surface area contributed by atoms with E-state index in [2.05, 4.69) is 54.2 Å². The Morgan fingerprint density at radius 1 is 0.333 bits per heavy atom. The van der Waals surface area contributed by atoms with E-state index < -0.39 is 16.5 Å². The van der Waals surface area contributed by atoms with Gasteiger partial charge in [0.05, 0.1) is 45.2 Å². The predicted molar refractivity (Wildman–Crippen MR) is 210 cm³/mol. The van der Waals surface area contributed by atoms with E-state index in [1.165, 1.54) is 0 Å². The Labute approximate surface area is 342 Å². The third kappa shape index (κ3) is 11.2. The summed E-state index contributed by atoms with van der Waals surface area (Å²) in [5.74, 6) is 0. The summed E-state index contributed by atoms with van der Waals surface area (Å²) in [7, 11) is 9.75. The number of hydrogen-bond acceptors (Lipinski definition) is 8. The van der Waals surface area contributed by atoms with Crippen molar-refractivity contribution in [3.63, 3.8) is 0 Å². The van der Waals surface area contributed by atoms with Crippen LogP contribution in [0, 0.1) is 0 Å². The SMILES string of the molecule is [Cl][Pt][Cl].[Os+2].c1ccc(-c2ccccn2)nc1.c1ccc(-c2ccccn2)nc1.c1ccc(-c2nc3cc4ccccc4cc3nc2-c2ccccn2)nc1. The average Bonchev–Trinajstić information content (AvgIpc) is 3.25. The van der Waals surface area contributed by atoms with Crippen molar-refractivity contribution < 1.29 is 36.3 Å². The van der Waals surface area contributed by atoms with E-state index in [0.717, 1.165) is 67.4 Å². The maximum Gasteiger partial charge on any atom is 2.00 e. The van der Waals surface area contributed by atoms with Gasteiger partial charge < -0.3 is 0 Å². The van der Waals surface area contributed by atoms with Gasteiger partial charge in [-0.3, -0.25) is 29.9 Å². The standard InChI is InChI=1S/C22H14N4.2C10H8N2.2ClH.Os.Pt/c1-2-8-16-14-20-19(13-15(16)7-1)25-21(17-9-3-5-11-23-17)22(26-20)18-10-4-6-12-24-18;2*1-3-7-11-9(5-1)10-6-2-4-8-12-10;;;;/h1-14H;2*1-8H;2*1H;;/q;;;;;2*+2/p-2. The molecule has 0 fully saturated rings. The first kappa shape index (κ1) is 40.0. The van der Waals surface area contributed by atoms with E-state index >= 15 is 0 Å². The number of pyridine rings is 6. The molecule has 2 aromatic carbocycles. The maximum absolute atomic E-state index is 4.91. The Morgan fingerprint density at radius 3 is 0.815 bits per heavy atom. The molecule has 8 nitrogen and oxygen atoms in total. The fourth-order valence-corrected chi connectivity index (χ4v) is 5.16. The number of halogens is 2. The van der Waals surface area contributed by atoms with Crippen LogP contribution in [0.3, 0.4) is 0 Å². The van der Waals surface area contributed by atoms with Crippen LogP contribution in [0.4, 0.5) is 0 Å². The molecule has 0 saturated carbocycles. The normalized spacial score (nSPS) is 10.0. The molecular weight excluding hydrogens is 1070 g/mol. The molecule has 0 atom stereocenters. The fourth-order valence-electron chi connectivity index (χ4n) is 5.16. The first-order chi connectivity index (χ1) is 26.2. The monoisotopic (exact) mass is 1100 g/mol. The second-order valence-electron chi connectivity index (χ2n) is 10.9. The van der Waals surface area contributed by atoms with Gasteiger partial charge in [-0.1, -0.05) is 60.7 Å². The molecule has 0 spiro atoms. The van der Waals surface area contributed by atoms with Crippen molar-refractivity contribution in [3.05, 3.63) is 183 Å². The molecule has 54 heavy (non-hydrogen) atoms. The van der Waals surface area contributed by atoms with Crippen molar-refractivity contribution in [1.29, 1.82) is 0 Å². The number of nitrogens with zero attached hydrogens (tertiary/aromatic N) is 8.